The quantitative estimate of drug-likeness (QED) is 0.483. The fraction of sp³-hybridized carbons (Fsp3) is 0.364. The molecule has 0 N–H and O–H groups in total. The lowest BCUT2D eigenvalue weighted by Crippen LogP contribution is -2.37. The number of hydrogen-bond acceptors (Lipinski definition) is 5. The number of halogens is 1. The molecular weight excluding hydrogens is 421 g/mol. The van der Waals surface area contributed by atoms with Gasteiger partial charge in [-0.1, -0.05) is 23.7 Å². The summed E-state index contributed by atoms with van der Waals surface area (Å²) >= 11 is 6.12. The highest BCUT2D eigenvalue weighted by Crippen LogP contribution is 2.46. The van der Waals surface area contributed by atoms with Gasteiger partial charge in [-0.25, -0.2) is 4.98 Å². The molecule has 0 aliphatic heterocycles. The molecule has 30 heavy (non-hydrogen) atoms. The van der Waals surface area contributed by atoms with Crippen LogP contribution in [0.25, 0.3) is 16.6 Å². The topological polar surface area (TPSA) is 65.7 Å². The van der Waals surface area contributed by atoms with E-state index in [1.807, 2.05) is 57.2 Å². The average molecular weight is 448 g/mol. The summed E-state index contributed by atoms with van der Waals surface area (Å²) in [5, 5.41) is 1.44. The maximum Gasteiger partial charge on any atom is 0.397 e. The maximum absolute atomic E-state index is 13.8. The molecule has 2 aromatic carbocycles. The van der Waals surface area contributed by atoms with Gasteiger partial charge in [-0.05, 0) is 71.0 Å². The number of fused-ring (bicyclic) bond motifs is 1. The third kappa shape index (κ3) is 4.84. The van der Waals surface area contributed by atoms with Crippen molar-refractivity contribution in [2.75, 3.05) is 13.2 Å². The van der Waals surface area contributed by atoms with Crippen molar-refractivity contribution < 1.29 is 13.6 Å². The molecule has 3 rings (SSSR count). The van der Waals surface area contributed by atoms with E-state index in [2.05, 4.69) is 0 Å². The number of benzene rings is 2. The highest BCUT2D eigenvalue weighted by Gasteiger charge is 2.34. The first-order chi connectivity index (χ1) is 14.2. The van der Waals surface area contributed by atoms with Crippen LogP contribution >= 0.6 is 19.2 Å². The van der Waals surface area contributed by atoms with Gasteiger partial charge in [0.2, 0.25) is 5.57 Å². The molecular formula is C22H27ClN3O3P. The lowest BCUT2D eigenvalue weighted by molar-refractivity contribution is 0.228. The Labute approximate surface area is 182 Å². The monoisotopic (exact) mass is 447 g/mol. The molecule has 0 amide bonds. The standard InChI is InChI=1S/C22H27ClN3O3P/c1-6-28-30(27,29-7-2)21-24-19-11-9-8-10-18(19)20(25-22(3,4)5)26(21)17-14-12-16(23)13-15-17/h8-15H,6-7H2,1-5H3. The van der Waals surface area contributed by atoms with Crippen LogP contribution in [0.15, 0.2) is 53.5 Å². The molecule has 160 valence electrons. The minimum Gasteiger partial charge on any atom is -0.303 e. The summed E-state index contributed by atoms with van der Waals surface area (Å²) in [4.78, 5) is 9.70. The Morgan fingerprint density at radius 2 is 1.63 bits per heavy atom. The van der Waals surface area contributed by atoms with Crippen molar-refractivity contribution >= 4 is 35.7 Å². The number of para-hydroxylation sites is 1. The summed E-state index contributed by atoms with van der Waals surface area (Å²) in [6.07, 6.45) is 0. The van der Waals surface area contributed by atoms with E-state index in [4.69, 9.17) is 30.6 Å². The van der Waals surface area contributed by atoms with Crippen LogP contribution in [0.4, 0.5) is 0 Å². The van der Waals surface area contributed by atoms with Crippen LogP contribution in [0.5, 0.6) is 0 Å². The van der Waals surface area contributed by atoms with E-state index < -0.39 is 13.1 Å². The lowest BCUT2D eigenvalue weighted by atomic mass is 10.1. The van der Waals surface area contributed by atoms with E-state index in [0.29, 0.717) is 16.0 Å². The summed E-state index contributed by atoms with van der Waals surface area (Å²) in [5.41, 5.74) is 1.81. The van der Waals surface area contributed by atoms with Gasteiger partial charge in [-0.3, -0.25) is 14.1 Å². The van der Waals surface area contributed by atoms with Crippen molar-refractivity contribution in [2.45, 2.75) is 40.2 Å². The molecule has 0 aliphatic carbocycles. The van der Waals surface area contributed by atoms with Crippen LogP contribution in [0, 0.1) is 0 Å². The van der Waals surface area contributed by atoms with Gasteiger partial charge < -0.3 is 9.05 Å². The zero-order valence-corrected chi connectivity index (χ0v) is 19.6. The lowest BCUT2D eigenvalue weighted by Gasteiger charge is -2.23. The second-order valence-electron chi connectivity index (χ2n) is 7.68. The molecule has 1 aromatic heterocycles. The van der Waals surface area contributed by atoms with Gasteiger partial charge in [0, 0.05) is 16.1 Å². The molecule has 0 aliphatic rings. The van der Waals surface area contributed by atoms with Gasteiger partial charge in [-0.2, -0.15) is 0 Å². The first-order valence-electron chi connectivity index (χ1n) is 9.92. The van der Waals surface area contributed by atoms with Crippen molar-refractivity contribution in [2.24, 2.45) is 4.99 Å². The smallest absolute Gasteiger partial charge is 0.303 e. The largest absolute Gasteiger partial charge is 0.397 e. The van der Waals surface area contributed by atoms with Crippen LogP contribution < -0.4 is 11.1 Å². The van der Waals surface area contributed by atoms with E-state index in [1.165, 1.54) is 0 Å². The Bertz CT molecular complexity index is 1140. The molecule has 0 saturated carbocycles. The van der Waals surface area contributed by atoms with Gasteiger partial charge in [0.05, 0.1) is 24.3 Å². The van der Waals surface area contributed by atoms with Gasteiger partial charge in [0.15, 0.2) is 0 Å². The van der Waals surface area contributed by atoms with E-state index in [-0.39, 0.29) is 18.8 Å². The minimum atomic E-state index is -3.72. The first kappa shape index (κ1) is 22.7. The number of aromatic nitrogens is 2. The molecule has 0 bridgehead atoms. The van der Waals surface area contributed by atoms with Crippen molar-refractivity contribution in [3.63, 3.8) is 0 Å². The first-order valence-corrected chi connectivity index (χ1v) is 11.8. The molecule has 0 spiro atoms. The summed E-state index contributed by atoms with van der Waals surface area (Å²) in [5.74, 6) is 0. The highest BCUT2D eigenvalue weighted by atomic mass is 35.5. The molecule has 0 fully saturated rings. The molecule has 0 radical (unpaired) electrons. The summed E-state index contributed by atoms with van der Waals surface area (Å²) in [6.45, 7) is 10.0. The SMILES string of the molecule is CCOP(=O)(OCC)c1nc2ccccc2c(=NC(C)(C)C)n1-c1ccc(Cl)cc1. The number of rotatable bonds is 6. The van der Waals surface area contributed by atoms with Crippen LogP contribution in [-0.4, -0.2) is 28.3 Å². The normalized spacial score (nSPS) is 13.2. The molecule has 0 saturated heterocycles. The van der Waals surface area contributed by atoms with E-state index in [1.54, 1.807) is 30.5 Å². The van der Waals surface area contributed by atoms with E-state index in [0.717, 1.165) is 11.1 Å². The third-order valence-electron chi connectivity index (χ3n) is 4.15. The van der Waals surface area contributed by atoms with Crippen LogP contribution in [0.3, 0.4) is 0 Å². The summed E-state index contributed by atoms with van der Waals surface area (Å²) in [6, 6.07) is 14.9. The van der Waals surface area contributed by atoms with Crippen LogP contribution in [0.1, 0.15) is 34.6 Å². The average Bonchev–Trinajstić information content (AvgIpc) is 2.68. The molecule has 8 heteroatoms. The molecule has 1 heterocycles. The number of nitrogens with zero attached hydrogens (tertiary/aromatic N) is 3. The number of hydrogen-bond donors (Lipinski definition) is 0. The molecule has 3 aromatic rings. The summed E-state index contributed by atoms with van der Waals surface area (Å²) < 4.78 is 26.9. The van der Waals surface area contributed by atoms with E-state index in [9.17, 15) is 4.57 Å². The Morgan fingerprint density at radius 1 is 1.03 bits per heavy atom. The third-order valence-corrected chi connectivity index (χ3v) is 6.38. The fourth-order valence-electron chi connectivity index (χ4n) is 3.07. The fourth-order valence-corrected chi connectivity index (χ4v) is 4.86. The molecule has 0 unspecified atom stereocenters. The summed E-state index contributed by atoms with van der Waals surface area (Å²) in [7, 11) is -3.72. The van der Waals surface area contributed by atoms with Crippen molar-refractivity contribution in [3.8, 4) is 5.69 Å². The van der Waals surface area contributed by atoms with Crippen LogP contribution in [-0.2, 0) is 13.6 Å². The predicted molar refractivity (Wildman–Crippen MR) is 122 cm³/mol. The zero-order valence-electron chi connectivity index (χ0n) is 17.9. The van der Waals surface area contributed by atoms with E-state index >= 15 is 0 Å². The Kier molecular flexibility index (Phi) is 6.83. The van der Waals surface area contributed by atoms with Gasteiger partial charge >= 0.3 is 7.60 Å². The zero-order chi connectivity index (χ0) is 21.9. The van der Waals surface area contributed by atoms with Crippen molar-refractivity contribution in [1.29, 1.82) is 0 Å². The Hall–Kier alpha value is -1.98. The van der Waals surface area contributed by atoms with Gasteiger partial charge in [0.1, 0.15) is 5.49 Å². The Morgan fingerprint density at radius 3 is 2.20 bits per heavy atom. The highest BCUT2D eigenvalue weighted by molar-refractivity contribution is 7.61. The van der Waals surface area contributed by atoms with Gasteiger partial charge in [-0.15, -0.1) is 0 Å². The molecule has 0 atom stereocenters. The van der Waals surface area contributed by atoms with Crippen molar-refractivity contribution in [3.05, 3.63) is 59.0 Å². The Balaban J connectivity index is 2.55. The second-order valence-corrected chi connectivity index (χ2v) is 10.0. The maximum atomic E-state index is 13.8. The second kappa shape index (κ2) is 9.03. The minimum absolute atomic E-state index is 0.190. The van der Waals surface area contributed by atoms with Crippen molar-refractivity contribution in [1.82, 2.24) is 9.55 Å². The predicted octanol–water partition coefficient (Wildman–Crippen LogP) is 5.27. The van der Waals surface area contributed by atoms with Gasteiger partial charge in [0.25, 0.3) is 0 Å². The molecule has 6 nitrogen and oxygen atoms in total. The van der Waals surface area contributed by atoms with Crippen LogP contribution in [0.2, 0.25) is 5.02 Å².